The van der Waals surface area contributed by atoms with E-state index in [1.165, 1.54) is 10.5 Å². The SMILES string of the molecule is Cc1c[c]([Sb+]([c]2ccccc2)([c]2ccccc2)[c]2ccccc2)c2c(c1N)C(=O)c1ccccc1C2=O. The Morgan fingerprint density at radius 3 is 1.35 bits per heavy atom. The van der Waals surface area contributed by atoms with E-state index in [0.717, 1.165) is 9.07 Å². The zero-order chi connectivity index (χ0) is 25.6. The van der Waals surface area contributed by atoms with Gasteiger partial charge in [0.2, 0.25) is 0 Å². The van der Waals surface area contributed by atoms with E-state index >= 15 is 0 Å². The predicted molar refractivity (Wildman–Crippen MR) is 153 cm³/mol. The second kappa shape index (κ2) is 9.17. The second-order valence-corrected chi connectivity index (χ2v) is 18.9. The number of ketones is 2. The molecule has 0 fully saturated rings. The monoisotopic (exact) mass is 588 g/mol. The standard InChI is InChI=1S/C15H10NO2.3C6H5.Sb/c1-8-6-7-11-12(13(8)16)15(18)10-5-3-2-4-9(10)14(11)17;3*1-2-4-6-5-3-1;/h2-6H,16H2,1H3;3*1-5H;/q;;;;+1. The van der Waals surface area contributed by atoms with Gasteiger partial charge < -0.3 is 0 Å². The van der Waals surface area contributed by atoms with Crippen LogP contribution in [0.1, 0.15) is 37.4 Å². The molecule has 0 spiro atoms. The third-order valence-corrected chi connectivity index (χ3v) is 19.5. The zero-order valence-electron chi connectivity index (χ0n) is 20.4. The molecule has 4 heteroatoms. The summed E-state index contributed by atoms with van der Waals surface area (Å²) < 4.78 is 4.55. The molecule has 178 valence electrons. The molecule has 37 heavy (non-hydrogen) atoms. The normalized spacial score (nSPS) is 12.7. The van der Waals surface area contributed by atoms with Crippen LogP contribution in [-0.2, 0) is 0 Å². The van der Waals surface area contributed by atoms with Crippen molar-refractivity contribution in [1.29, 1.82) is 0 Å². The van der Waals surface area contributed by atoms with E-state index < -0.39 is 18.8 Å². The van der Waals surface area contributed by atoms with Crippen LogP contribution in [-0.4, -0.2) is 30.4 Å². The van der Waals surface area contributed by atoms with Crippen LogP contribution in [0.2, 0.25) is 0 Å². The van der Waals surface area contributed by atoms with Gasteiger partial charge in [0.1, 0.15) is 0 Å². The Morgan fingerprint density at radius 1 is 0.541 bits per heavy atom. The van der Waals surface area contributed by atoms with Gasteiger partial charge in [0, 0.05) is 0 Å². The van der Waals surface area contributed by atoms with Crippen molar-refractivity contribution >= 4 is 50.1 Å². The van der Waals surface area contributed by atoms with Gasteiger partial charge in [-0.25, -0.2) is 0 Å². The first-order chi connectivity index (χ1) is 18.0. The van der Waals surface area contributed by atoms with Crippen LogP contribution in [0.15, 0.2) is 121 Å². The Balaban J connectivity index is 1.83. The van der Waals surface area contributed by atoms with E-state index in [1.54, 1.807) is 18.2 Å². The van der Waals surface area contributed by atoms with Crippen LogP contribution in [0.25, 0.3) is 0 Å². The third-order valence-electron chi connectivity index (χ3n) is 7.22. The summed E-state index contributed by atoms with van der Waals surface area (Å²) in [5, 5.41) is 0. The summed E-state index contributed by atoms with van der Waals surface area (Å²) in [6, 6.07) is 40.6. The predicted octanol–water partition coefficient (Wildman–Crippen LogP) is 3.73. The van der Waals surface area contributed by atoms with Gasteiger partial charge in [-0.3, -0.25) is 0 Å². The van der Waals surface area contributed by atoms with Crippen LogP contribution in [0, 0.1) is 6.92 Å². The molecule has 0 atom stereocenters. The fraction of sp³-hybridized carbons (Fsp3) is 0.0303. The summed E-state index contributed by atoms with van der Waals surface area (Å²) in [4.78, 5) is 28.2. The maximum absolute atomic E-state index is 14.3. The van der Waals surface area contributed by atoms with Crippen molar-refractivity contribution in [3.63, 3.8) is 0 Å². The van der Waals surface area contributed by atoms with Gasteiger partial charge in [-0.1, -0.05) is 0 Å². The van der Waals surface area contributed by atoms with Gasteiger partial charge in [-0.2, -0.15) is 0 Å². The molecule has 2 N–H and O–H groups in total. The first kappa shape index (κ1) is 23.5. The maximum atomic E-state index is 14.3. The fourth-order valence-electron chi connectivity index (χ4n) is 5.51. The Morgan fingerprint density at radius 2 is 0.919 bits per heavy atom. The number of hydrogen-bond donors (Lipinski definition) is 1. The van der Waals surface area contributed by atoms with Crippen molar-refractivity contribution in [3.8, 4) is 0 Å². The molecule has 0 aliphatic heterocycles. The number of rotatable bonds is 4. The molecule has 0 bridgehead atoms. The van der Waals surface area contributed by atoms with Gasteiger partial charge in [0.15, 0.2) is 0 Å². The van der Waals surface area contributed by atoms with E-state index in [-0.39, 0.29) is 11.6 Å². The molecule has 5 aromatic carbocycles. The first-order valence-electron chi connectivity index (χ1n) is 12.2. The summed E-state index contributed by atoms with van der Waals surface area (Å²) in [5.41, 5.74) is 9.47. The molecule has 6 rings (SSSR count). The van der Waals surface area contributed by atoms with Crippen molar-refractivity contribution in [2.75, 3.05) is 5.73 Å². The molecule has 0 unspecified atom stereocenters. The summed E-state index contributed by atoms with van der Waals surface area (Å²) in [6.45, 7) is 1.94. The molecule has 0 saturated heterocycles. The minimum absolute atomic E-state index is 0.131. The Labute approximate surface area is 220 Å². The van der Waals surface area contributed by atoms with Crippen molar-refractivity contribution in [3.05, 3.63) is 149 Å². The fourth-order valence-corrected chi connectivity index (χ4v) is 18.4. The van der Waals surface area contributed by atoms with E-state index in [0.29, 0.717) is 27.9 Å². The number of nitrogen functional groups attached to an aromatic ring is 1. The average molecular weight is 589 g/mol. The van der Waals surface area contributed by atoms with Crippen molar-refractivity contribution < 1.29 is 9.59 Å². The van der Waals surface area contributed by atoms with Crippen LogP contribution in [0.3, 0.4) is 0 Å². The van der Waals surface area contributed by atoms with Gasteiger partial charge in [-0.15, -0.1) is 0 Å². The van der Waals surface area contributed by atoms with Gasteiger partial charge in [0.25, 0.3) is 0 Å². The molecular weight excluding hydrogens is 564 g/mol. The Bertz CT molecular complexity index is 1570. The van der Waals surface area contributed by atoms with Gasteiger partial charge in [0.05, 0.1) is 0 Å². The number of fused-ring (bicyclic) bond motifs is 2. The number of anilines is 1. The van der Waals surface area contributed by atoms with Crippen LogP contribution in [0.4, 0.5) is 5.69 Å². The molecule has 5 aromatic rings. The number of nitrogens with two attached hydrogens (primary N) is 1. The molecule has 0 saturated carbocycles. The summed E-state index contributed by atoms with van der Waals surface area (Å²) >= 11 is -4.02. The van der Waals surface area contributed by atoms with Gasteiger partial charge in [-0.05, 0) is 0 Å². The van der Waals surface area contributed by atoms with Gasteiger partial charge >= 0.3 is 221 Å². The summed E-state index contributed by atoms with van der Waals surface area (Å²) in [7, 11) is 0. The van der Waals surface area contributed by atoms with E-state index in [4.69, 9.17) is 5.73 Å². The first-order valence-corrected chi connectivity index (χ1v) is 17.3. The third kappa shape index (κ3) is 3.49. The molecule has 0 aromatic heterocycles. The number of benzene rings is 5. The Hall–Kier alpha value is -3.94. The van der Waals surface area contributed by atoms with E-state index in [2.05, 4.69) is 78.9 Å². The van der Waals surface area contributed by atoms with Crippen molar-refractivity contribution in [1.82, 2.24) is 0 Å². The number of hydrogen-bond acceptors (Lipinski definition) is 3. The van der Waals surface area contributed by atoms with Crippen molar-refractivity contribution in [2.45, 2.75) is 6.92 Å². The molecular formula is C33H25NO2Sb+. The molecule has 0 heterocycles. The molecule has 3 nitrogen and oxygen atoms in total. The molecule has 0 amide bonds. The topological polar surface area (TPSA) is 60.2 Å². The molecule has 0 radical (unpaired) electrons. The second-order valence-electron chi connectivity index (χ2n) is 9.26. The number of carbonyl (C=O) groups excluding carboxylic acids is 2. The summed E-state index contributed by atoms with van der Waals surface area (Å²) in [6.07, 6.45) is 0. The summed E-state index contributed by atoms with van der Waals surface area (Å²) in [5.74, 6) is -0.312. The van der Waals surface area contributed by atoms with E-state index in [9.17, 15) is 9.59 Å². The average Bonchev–Trinajstić information content (AvgIpc) is 2.95. The number of aryl methyl sites for hydroxylation is 1. The van der Waals surface area contributed by atoms with Crippen LogP contribution >= 0.6 is 0 Å². The number of carbonyl (C=O) groups is 2. The van der Waals surface area contributed by atoms with Crippen molar-refractivity contribution in [2.24, 2.45) is 0 Å². The Kier molecular flexibility index (Phi) is 5.82. The molecule has 1 aliphatic rings. The van der Waals surface area contributed by atoms with Crippen LogP contribution in [0.5, 0.6) is 0 Å². The minimum atomic E-state index is -4.02. The van der Waals surface area contributed by atoms with Crippen LogP contribution < -0.4 is 19.8 Å². The van der Waals surface area contributed by atoms with E-state index in [1.807, 2.05) is 31.2 Å². The zero-order valence-corrected chi connectivity index (χ0v) is 22.9. The quantitative estimate of drug-likeness (QED) is 0.252. The molecule has 1 aliphatic carbocycles.